The summed E-state index contributed by atoms with van der Waals surface area (Å²) in [7, 11) is -2.96. The van der Waals surface area contributed by atoms with E-state index in [1.807, 2.05) is 0 Å². The van der Waals surface area contributed by atoms with Gasteiger partial charge in [-0.3, -0.25) is 4.79 Å². The third-order valence-electron chi connectivity index (χ3n) is 8.30. The van der Waals surface area contributed by atoms with E-state index >= 15 is 0 Å². The van der Waals surface area contributed by atoms with Gasteiger partial charge in [-0.25, -0.2) is 4.79 Å². The van der Waals surface area contributed by atoms with Crippen LogP contribution in [0.2, 0.25) is 18.1 Å². The predicted octanol–water partition coefficient (Wildman–Crippen LogP) is 2.97. The third kappa shape index (κ3) is 8.54. The number of amides is 1. The number of carboxylic acid groups (broad SMARTS) is 1. The molecule has 1 amide bonds. The van der Waals surface area contributed by atoms with Crippen LogP contribution in [0.15, 0.2) is 18.2 Å². The Morgan fingerprint density at radius 2 is 1.84 bits per heavy atom. The van der Waals surface area contributed by atoms with Gasteiger partial charge >= 0.3 is 13.1 Å². The minimum Gasteiger partial charge on any atom is -0.534 e. The van der Waals surface area contributed by atoms with Gasteiger partial charge in [0.05, 0.1) is 11.5 Å². The highest BCUT2D eigenvalue weighted by Gasteiger charge is 2.38. The number of carbonyl (C=O) groups excluding carboxylic acids is 1. The fourth-order valence-corrected chi connectivity index (χ4v) is 5.94. The molecule has 0 saturated heterocycles. The lowest BCUT2D eigenvalue weighted by Gasteiger charge is -2.36. The van der Waals surface area contributed by atoms with Crippen LogP contribution in [-0.4, -0.2) is 75.7 Å². The standard InChI is InChI=1S/C27H46BN3O6Si/c1-27(2,3)38(4,5)36-16-15-29-13-14-30-21-11-9-19(10-12-21)17-24(32)31-23-18-20-7-6-8-22(26(33)34)25(20)37-28(23)35/h6-8,19,21,23,29-30,35H,9-18H2,1-5H3,(H,31,32)(H,33,34). The molecule has 212 valence electrons. The summed E-state index contributed by atoms with van der Waals surface area (Å²) in [4.78, 5) is 24.1. The first kappa shape index (κ1) is 30.6. The molecule has 3 rings (SSSR count). The van der Waals surface area contributed by atoms with Crippen molar-refractivity contribution in [2.75, 3.05) is 26.2 Å². The molecule has 1 saturated carbocycles. The van der Waals surface area contributed by atoms with Gasteiger partial charge in [-0.15, -0.1) is 0 Å². The number of carbonyl (C=O) groups is 2. The second-order valence-corrected chi connectivity index (χ2v) is 17.0. The molecule has 2 aliphatic rings. The number of carboxylic acids is 1. The van der Waals surface area contributed by atoms with Gasteiger partial charge in [0.1, 0.15) is 5.75 Å². The van der Waals surface area contributed by atoms with Gasteiger partial charge in [-0.05, 0) is 67.8 Å². The summed E-state index contributed by atoms with van der Waals surface area (Å²) in [5, 5.41) is 29.9. The van der Waals surface area contributed by atoms with Crippen molar-refractivity contribution in [3.63, 3.8) is 0 Å². The van der Waals surface area contributed by atoms with Gasteiger partial charge in [0.15, 0.2) is 8.32 Å². The van der Waals surface area contributed by atoms with Gasteiger partial charge in [0.25, 0.3) is 0 Å². The maximum Gasteiger partial charge on any atom is 0.547 e. The monoisotopic (exact) mass is 547 g/mol. The molecule has 1 aromatic carbocycles. The Kier molecular flexibility index (Phi) is 10.8. The van der Waals surface area contributed by atoms with Crippen LogP contribution >= 0.6 is 0 Å². The van der Waals surface area contributed by atoms with Gasteiger partial charge in [0, 0.05) is 38.7 Å². The number of rotatable bonds is 12. The molecule has 1 fully saturated rings. The first-order valence-electron chi connectivity index (χ1n) is 13.9. The van der Waals surface area contributed by atoms with E-state index in [-0.39, 0.29) is 22.3 Å². The summed E-state index contributed by atoms with van der Waals surface area (Å²) in [6, 6.07) is 5.34. The van der Waals surface area contributed by atoms with Crippen molar-refractivity contribution in [3.05, 3.63) is 29.3 Å². The van der Waals surface area contributed by atoms with Crippen molar-refractivity contribution in [2.45, 2.75) is 89.4 Å². The average molecular weight is 548 g/mol. The van der Waals surface area contributed by atoms with Gasteiger partial charge in [-0.2, -0.15) is 0 Å². The fraction of sp³-hybridized carbons (Fsp3) is 0.704. The molecule has 1 atom stereocenters. The van der Waals surface area contributed by atoms with Crippen molar-refractivity contribution >= 4 is 27.3 Å². The normalized spacial score (nSPS) is 21.9. The minimum atomic E-state index is -1.68. The summed E-state index contributed by atoms with van der Waals surface area (Å²) in [5.74, 6) is -1.30. The third-order valence-corrected chi connectivity index (χ3v) is 12.8. The summed E-state index contributed by atoms with van der Waals surface area (Å²) >= 11 is 0. The highest BCUT2D eigenvalue weighted by Crippen LogP contribution is 2.36. The quantitative estimate of drug-likeness (QED) is 0.200. The molecule has 1 aromatic rings. The zero-order valence-electron chi connectivity index (χ0n) is 23.6. The average Bonchev–Trinajstić information content (AvgIpc) is 2.83. The number of benzene rings is 1. The van der Waals surface area contributed by atoms with E-state index in [0.717, 1.165) is 51.9 Å². The van der Waals surface area contributed by atoms with Crippen LogP contribution in [0.4, 0.5) is 0 Å². The fourth-order valence-electron chi connectivity index (χ4n) is 4.90. The van der Waals surface area contributed by atoms with Crippen LogP contribution in [-0.2, 0) is 15.6 Å². The van der Waals surface area contributed by atoms with E-state index in [2.05, 4.69) is 49.8 Å². The lowest BCUT2D eigenvalue weighted by atomic mass is 9.72. The Labute approximate surface area is 228 Å². The summed E-state index contributed by atoms with van der Waals surface area (Å²) in [6.07, 6.45) is 4.84. The molecule has 38 heavy (non-hydrogen) atoms. The molecule has 1 aliphatic carbocycles. The first-order chi connectivity index (χ1) is 17.9. The number of fused-ring (bicyclic) bond motifs is 1. The largest absolute Gasteiger partial charge is 0.547 e. The van der Waals surface area contributed by atoms with Crippen LogP contribution in [0.1, 0.15) is 68.8 Å². The predicted molar refractivity (Wildman–Crippen MR) is 152 cm³/mol. The molecular weight excluding hydrogens is 501 g/mol. The Morgan fingerprint density at radius 1 is 1.13 bits per heavy atom. The van der Waals surface area contributed by atoms with E-state index in [1.165, 1.54) is 6.07 Å². The van der Waals surface area contributed by atoms with E-state index in [1.54, 1.807) is 12.1 Å². The molecular formula is C27H46BN3O6Si. The van der Waals surface area contributed by atoms with Crippen molar-refractivity contribution in [2.24, 2.45) is 5.92 Å². The van der Waals surface area contributed by atoms with E-state index in [4.69, 9.17) is 9.08 Å². The summed E-state index contributed by atoms with van der Waals surface area (Å²) in [6.45, 7) is 14.8. The Hall–Kier alpha value is -1.92. The smallest absolute Gasteiger partial charge is 0.534 e. The second-order valence-electron chi connectivity index (χ2n) is 12.2. The lowest BCUT2D eigenvalue weighted by molar-refractivity contribution is -0.122. The molecule has 5 N–H and O–H groups in total. The van der Waals surface area contributed by atoms with Crippen molar-refractivity contribution in [3.8, 4) is 5.75 Å². The number of nitrogens with one attached hydrogen (secondary N) is 3. The minimum absolute atomic E-state index is 0.0168. The van der Waals surface area contributed by atoms with E-state index in [0.29, 0.717) is 30.4 Å². The van der Waals surface area contributed by atoms with Crippen molar-refractivity contribution in [1.29, 1.82) is 0 Å². The molecule has 0 radical (unpaired) electrons. The van der Waals surface area contributed by atoms with Gasteiger partial charge in [0.2, 0.25) is 5.91 Å². The Balaban J connectivity index is 1.29. The topological polar surface area (TPSA) is 129 Å². The number of hydrogen-bond donors (Lipinski definition) is 5. The van der Waals surface area contributed by atoms with Crippen LogP contribution in [0, 0.1) is 5.92 Å². The molecule has 1 unspecified atom stereocenters. The molecule has 0 bridgehead atoms. The lowest BCUT2D eigenvalue weighted by Crippen LogP contribution is -2.53. The van der Waals surface area contributed by atoms with Crippen LogP contribution in [0.25, 0.3) is 0 Å². The summed E-state index contributed by atoms with van der Waals surface area (Å²) < 4.78 is 11.7. The summed E-state index contributed by atoms with van der Waals surface area (Å²) in [5.41, 5.74) is 0.688. The zero-order valence-corrected chi connectivity index (χ0v) is 24.6. The number of para-hydroxylation sites is 1. The molecule has 11 heteroatoms. The van der Waals surface area contributed by atoms with Gasteiger partial charge < -0.3 is 35.2 Å². The molecule has 1 aliphatic heterocycles. The molecule has 1 heterocycles. The Bertz CT molecular complexity index is 949. The first-order valence-corrected chi connectivity index (χ1v) is 16.9. The highest BCUT2D eigenvalue weighted by molar-refractivity contribution is 6.74. The van der Waals surface area contributed by atoms with E-state index in [9.17, 15) is 19.7 Å². The molecule has 9 nitrogen and oxygen atoms in total. The number of aromatic carboxylic acids is 1. The highest BCUT2D eigenvalue weighted by atomic mass is 28.4. The van der Waals surface area contributed by atoms with Crippen LogP contribution in [0.3, 0.4) is 0 Å². The molecule has 0 spiro atoms. The molecule has 0 aromatic heterocycles. The Morgan fingerprint density at radius 3 is 2.50 bits per heavy atom. The van der Waals surface area contributed by atoms with Crippen LogP contribution < -0.4 is 20.6 Å². The maximum atomic E-state index is 12.7. The SMILES string of the molecule is CC(C)(C)[Si](C)(C)OCCNCCNC1CCC(CC(=O)NC2Cc3cccc(C(=O)O)c3OB2O)CC1. The second kappa shape index (κ2) is 13.4. The van der Waals surface area contributed by atoms with Crippen molar-refractivity contribution in [1.82, 2.24) is 16.0 Å². The zero-order chi connectivity index (χ0) is 27.9. The van der Waals surface area contributed by atoms with Crippen molar-refractivity contribution < 1.29 is 28.8 Å². The van der Waals surface area contributed by atoms with Gasteiger partial charge in [-0.1, -0.05) is 32.9 Å². The van der Waals surface area contributed by atoms with E-state index < -0.39 is 27.3 Å². The maximum absolute atomic E-state index is 12.7. The number of hydrogen-bond acceptors (Lipinski definition) is 7. The van der Waals surface area contributed by atoms with Crippen LogP contribution in [0.5, 0.6) is 5.75 Å².